The lowest BCUT2D eigenvalue weighted by Crippen LogP contribution is -2.30. The third-order valence-corrected chi connectivity index (χ3v) is 2.75. The molecule has 0 aliphatic rings. The van der Waals surface area contributed by atoms with E-state index in [1.165, 1.54) is 0 Å². The van der Waals surface area contributed by atoms with Gasteiger partial charge in [-0.3, -0.25) is 4.79 Å². The largest absolute Gasteiger partial charge is 0.347 e. The van der Waals surface area contributed by atoms with Crippen molar-refractivity contribution in [2.24, 2.45) is 5.92 Å². The highest BCUT2D eigenvalue weighted by Gasteiger charge is 2.16. The van der Waals surface area contributed by atoms with Gasteiger partial charge in [-0.1, -0.05) is 31.8 Å². The highest BCUT2D eigenvalue weighted by molar-refractivity contribution is 5.78. The molecule has 1 atom stereocenters. The van der Waals surface area contributed by atoms with E-state index in [-0.39, 0.29) is 11.8 Å². The molecular weight excluding hydrogens is 218 g/mol. The third-order valence-electron chi connectivity index (χ3n) is 2.75. The van der Waals surface area contributed by atoms with Crippen molar-refractivity contribution in [1.82, 2.24) is 15.5 Å². The number of carbonyl (C=O) groups excluding carboxylic acids is 1. The fourth-order valence-corrected chi connectivity index (χ4v) is 1.69. The summed E-state index contributed by atoms with van der Waals surface area (Å²) in [6, 6.07) is 0. The number of hydrogen-bond acceptors (Lipinski definition) is 4. The van der Waals surface area contributed by atoms with E-state index in [9.17, 15) is 4.79 Å². The molecule has 0 aliphatic heterocycles. The second-order valence-corrected chi connectivity index (χ2v) is 4.20. The molecule has 0 aliphatic carbocycles. The standard InChI is InChI=1S/C12H21N3O2/c1-4-6-7-10(5-2)12(16)13-8-11-14-9(3)15-17-11/h10H,4-8H2,1-3H3,(H,13,16)/t10-/m0/s1. The van der Waals surface area contributed by atoms with Gasteiger partial charge < -0.3 is 9.84 Å². The van der Waals surface area contributed by atoms with Gasteiger partial charge in [0, 0.05) is 5.92 Å². The van der Waals surface area contributed by atoms with Crippen LogP contribution >= 0.6 is 0 Å². The quantitative estimate of drug-likeness (QED) is 0.792. The number of aromatic nitrogens is 2. The van der Waals surface area contributed by atoms with Gasteiger partial charge in [-0.15, -0.1) is 0 Å². The van der Waals surface area contributed by atoms with Crippen molar-refractivity contribution in [2.75, 3.05) is 0 Å². The van der Waals surface area contributed by atoms with Gasteiger partial charge in [-0.25, -0.2) is 0 Å². The molecule has 0 radical (unpaired) electrons. The lowest BCUT2D eigenvalue weighted by Gasteiger charge is -2.13. The number of rotatable bonds is 7. The zero-order valence-corrected chi connectivity index (χ0v) is 10.8. The van der Waals surface area contributed by atoms with Crippen LogP contribution < -0.4 is 5.32 Å². The SMILES string of the molecule is CCCC[C@H](CC)C(=O)NCc1nc(C)no1. The highest BCUT2D eigenvalue weighted by atomic mass is 16.5. The molecule has 0 unspecified atom stereocenters. The van der Waals surface area contributed by atoms with Crippen molar-refractivity contribution < 1.29 is 9.32 Å². The minimum atomic E-state index is 0.0804. The van der Waals surface area contributed by atoms with Crippen LogP contribution in [0.15, 0.2) is 4.52 Å². The molecule has 0 spiro atoms. The summed E-state index contributed by atoms with van der Waals surface area (Å²) in [6.45, 7) is 6.25. The summed E-state index contributed by atoms with van der Waals surface area (Å²) in [6.07, 6.45) is 4.02. The first-order valence-electron chi connectivity index (χ1n) is 6.24. The predicted octanol–water partition coefficient (Wildman–Crippen LogP) is 2.21. The fraction of sp³-hybridized carbons (Fsp3) is 0.750. The molecule has 1 heterocycles. The molecule has 5 heteroatoms. The summed E-state index contributed by atoms with van der Waals surface area (Å²) < 4.78 is 4.93. The maximum Gasteiger partial charge on any atom is 0.246 e. The van der Waals surface area contributed by atoms with Gasteiger partial charge >= 0.3 is 0 Å². The Morgan fingerprint density at radius 1 is 1.47 bits per heavy atom. The Hall–Kier alpha value is -1.39. The van der Waals surface area contributed by atoms with Crippen molar-refractivity contribution >= 4 is 5.91 Å². The van der Waals surface area contributed by atoms with Gasteiger partial charge in [-0.2, -0.15) is 4.98 Å². The smallest absolute Gasteiger partial charge is 0.246 e. The van der Waals surface area contributed by atoms with E-state index in [0.717, 1.165) is 25.7 Å². The maximum atomic E-state index is 11.9. The monoisotopic (exact) mass is 239 g/mol. The molecular formula is C12H21N3O2. The zero-order valence-electron chi connectivity index (χ0n) is 10.8. The molecule has 1 rings (SSSR count). The van der Waals surface area contributed by atoms with Gasteiger partial charge in [0.15, 0.2) is 5.82 Å². The van der Waals surface area contributed by atoms with Gasteiger partial charge in [0.05, 0.1) is 6.54 Å². The molecule has 0 fully saturated rings. The van der Waals surface area contributed by atoms with Crippen molar-refractivity contribution in [3.05, 3.63) is 11.7 Å². The summed E-state index contributed by atoms with van der Waals surface area (Å²) in [5.74, 6) is 1.23. The summed E-state index contributed by atoms with van der Waals surface area (Å²) in [7, 11) is 0. The van der Waals surface area contributed by atoms with Crippen LogP contribution in [-0.4, -0.2) is 16.0 Å². The number of hydrogen-bond donors (Lipinski definition) is 1. The topological polar surface area (TPSA) is 68.0 Å². The van der Waals surface area contributed by atoms with Crippen LogP contribution in [0.3, 0.4) is 0 Å². The Morgan fingerprint density at radius 2 is 2.24 bits per heavy atom. The average molecular weight is 239 g/mol. The second-order valence-electron chi connectivity index (χ2n) is 4.20. The van der Waals surface area contributed by atoms with E-state index in [1.54, 1.807) is 6.92 Å². The lowest BCUT2D eigenvalue weighted by molar-refractivity contribution is -0.125. The Balaban J connectivity index is 2.36. The van der Waals surface area contributed by atoms with Crippen molar-refractivity contribution in [1.29, 1.82) is 0 Å². The van der Waals surface area contributed by atoms with Crippen LogP contribution in [0.5, 0.6) is 0 Å². The molecule has 0 saturated carbocycles. The summed E-state index contributed by atoms with van der Waals surface area (Å²) in [4.78, 5) is 15.9. The van der Waals surface area contributed by atoms with E-state index >= 15 is 0 Å². The average Bonchev–Trinajstić information content (AvgIpc) is 2.73. The Morgan fingerprint density at radius 3 is 2.76 bits per heavy atom. The number of nitrogens with zero attached hydrogens (tertiary/aromatic N) is 2. The Labute approximate surface area is 102 Å². The number of aryl methyl sites for hydroxylation is 1. The first-order valence-corrected chi connectivity index (χ1v) is 6.24. The Kier molecular flexibility index (Phi) is 5.66. The minimum absolute atomic E-state index is 0.0804. The van der Waals surface area contributed by atoms with Gasteiger partial charge in [0.1, 0.15) is 0 Å². The van der Waals surface area contributed by atoms with Crippen LogP contribution in [0, 0.1) is 12.8 Å². The molecule has 5 nitrogen and oxygen atoms in total. The fourth-order valence-electron chi connectivity index (χ4n) is 1.69. The predicted molar refractivity (Wildman–Crippen MR) is 64.2 cm³/mol. The van der Waals surface area contributed by atoms with Crippen LogP contribution in [-0.2, 0) is 11.3 Å². The van der Waals surface area contributed by atoms with Crippen molar-refractivity contribution in [3.8, 4) is 0 Å². The van der Waals surface area contributed by atoms with Crippen LogP contribution in [0.25, 0.3) is 0 Å². The summed E-state index contributed by atoms with van der Waals surface area (Å²) in [5, 5.41) is 6.51. The minimum Gasteiger partial charge on any atom is -0.347 e. The molecule has 1 aromatic heterocycles. The molecule has 1 aromatic rings. The summed E-state index contributed by atoms with van der Waals surface area (Å²) >= 11 is 0. The van der Waals surface area contributed by atoms with E-state index in [4.69, 9.17) is 4.52 Å². The van der Waals surface area contributed by atoms with Crippen molar-refractivity contribution in [2.45, 2.75) is 53.0 Å². The molecule has 1 N–H and O–H groups in total. The first kappa shape index (κ1) is 13.7. The van der Waals surface area contributed by atoms with E-state index in [0.29, 0.717) is 18.3 Å². The number of amides is 1. The maximum absolute atomic E-state index is 11.9. The Bertz CT molecular complexity index is 349. The molecule has 0 aromatic carbocycles. The first-order chi connectivity index (χ1) is 8.17. The molecule has 96 valence electrons. The molecule has 0 saturated heterocycles. The van der Waals surface area contributed by atoms with Crippen molar-refractivity contribution in [3.63, 3.8) is 0 Å². The van der Waals surface area contributed by atoms with Crippen LogP contribution in [0.1, 0.15) is 51.2 Å². The normalized spacial score (nSPS) is 12.4. The summed E-state index contributed by atoms with van der Waals surface area (Å²) in [5.41, 5.74) is 0. The number of unbranched alkanes of at least 4 members (excludes halogenated alkanes) is 1. The molecule has 1 amide bonds. The number of nitrogens with one attached hydrogen (secondary N) is 1. The van der Waals surface area contributed by atoms with E-state index in [1.807, 2.05) is 6.92 Å². The van der Waals surface area contributed by atoms with Gasteiger partial charge in [0.2, 0.25) is 11.8 Å². The van der Waals surface area contributed by atoms with Gasteiger partial charge in [0.25, 0.3) is 0 Å². The van der Waals surface area contributed by atoms with Gasteiger partial charge in [-0.05, 0) is 19.8 Å². The second kappa shape index (κ2) is 7.04. The zero-order chi connectivity index (χ0) is 12.7. The lowest BCUT2D eigenvalue weighted by atomic mass is 9.98. The van der Waals surface area contributed by atoms with E-state index < -0.39 is 0 Å². The van der Waals surface area contributed by atoms with E-state index in [2.05, 4.69) is 22.4 Å². The molecule has 0 bridgehead atoms. The van der Waals surface area contributed by atoms with Crippen LogP contribution in [0.4, 0.5) is 0 Å². The number of carbonyl (C=O) groups is 1. The third kappa shape index (κ3) is 4.54. The highest BCUT2D eigenvalue weighted by Crippen LogP contribution is 2.12. The molecule has 17 heavy (non-hydrogen) atoms. The van der Waals surface area contributed by atoms with Crippen LogP contribution in [0.2, 0.25) is 0 Å².